The van der Waals surface area contributed by atoms with Crippen LogP contribution in [-0.2, 0) is 9.84 Å². The van der Waals surface area contributed by atoms with Gasteiger partial charge < -0.3 is 15.5 Å². The van der Waals surface area contributed by atoms with Crippen LogP contribution in [0.1, 0.15) is 27.5 Å². The third kappa shape index (κ3) is 4.45. The molecule has 1 aliphatic heterocycles. The maximum absolute atomic E-state index is 12.6. The molecular formula is C17H23N5O4S. The lowest BCUT2D eigenvalue weighted by Crippen LogP contribution is -2.36. The summed E-state index contributed by atoms with van der Waals surface area (Å²) in [6.45, 7) is 1.13. The van der Waals surface area contributed by atoms with Crippen LogP contribution in [-0.4, -0.2) is 79.2 Å². The van der Waals surface area contributed by atoms with Crippen LogP contribution in [0.2, 0.25) is 0 Å². The number of hydrogen-bond donors (Lipinski definition) is 2. The third-order valence-corrected chi connectivity index (χ3v) is 6.15. The second kappa shape index (κ2) is 7.65. The first-order valence-electron chi connectivity index (χ1n) is 8.68. The molecule has 1 unspecified atom stereocenters. The number of carbonyl (C=O) groups excluding carboxylic acids is 2. The smallest absolute Gasteiger partial charge is 0.287 e. The van der Waals surface area contributed by atoms with Gasteiger partial charge in [-0.15, -0.1) is 0 Å². The summed E-state index contributed by atoms with van der Waals surface area (Å²) in [6.07, 6.45) is 2.05. The average Bonchev–Trinajstić information content (AvgIpc) is 3.14. The summed E-state index contributed by atoms with van der Waals surface area (Å²) in [7, 11) is 0.711. The van der Waals surface area contributed by atoms with Gasteiger partial charge in [-0.2, -0.15) is 0 Å². The Balaban J connectivity index is 1.82. The summed E-state index contributed by atoms with van der Waals surface area (Å²) in [5.41, 5.74) is 0.603. The Morgan fingerprint density at radius 3 is 2.74 bits per heavy atom. The molecule has 0 bridgehead atoms. The van der Waals surface area contributed by atoms with E-state index in [2.05, 4.69) is 15.6 Å². The van der Waals surface area contributed by atoms with Gasteiger partial charge in [-0.25, -0.2) is 13.4 Å². The van der Waals surface area contributed by atoms with Gasteiger partial charge in [0.2, 0.25) is 5.82 Å². The molecule has 9 nitrogen and oxygen atoms in total. The van der Waals surface area contributed by atoms with Gasteiger partial charge in [-0.1, -0.05) is 6.07 Å². The van der Waals surface area contributed by atoms with Crippen molar-refractivity contribution in [1.82, 2.24) is 24.9 Å². The van der Waals surface area contributed by atoms with Crippen molar-refractivity contribution in [3.8, 4) is 0 Å². The lowest BCUT2D eigenvalue weighted by Gasteiger charge is -2.09. The molecule has 1 aliphatic rings. The van der Waals surface area contributed by atoms with E-state index in [0.29, 0.717) is 25.0 Å². The summed E-state index contributed by atoms with van der Waals surface area (Å²) in [5, 5.41) is 5.50. The van der Waals surface area contributed by atoms with E-state index in [1.54, 1.807) is 28.8 Å². The van der Waals surface area contributed by atoms with Gasteiger partial charge in [0.1, 0.15) is 0 Å². The summed E-state index contributed by atoms with van der Waals surface area (Å²) in [4.78, 5) is 31.3. The van der Waals surface area contributed by atoms with E-state index in [-0.39, 0.29) is 28.9 Å². The molecule has 0 aromatic carbocycles. The Bertz CT molecular complexity index is 967. The van der Waals surface area contributed by atoms with Gasteiger partial charge in [-0.3, -0.25) is 14.0 Å². The molecular weight excluding hydrogens is 370 g/mol. The van der Waals surface area contributed by atoms with Gasteiger partial charge in [0.05, 0.1) is 17.0 Å². The second-order valence-corrected chi connectivity index (χ2v) is 9.10. The Morgan fingerprint density at radius 1 is 1.30 bits per heavy atom. The molecule has 1 fully saturated rings. The molecule has 27 heavy (non-hydrogen) atoms. The van der Waals surface area contributed by atoms with E-state index in [1.807, 2.05) is 19.0 Å². The topological polar surface area (TPSA) is 113 Å². The zero-order valence-electron chi connectivity index (χ0n) is 15.3. The zero-order valence-corrected chi connectivity index (χ0v) is 16.1. The molecule has 1 saturated heterocycles. The molecule has 1 atom stereocenters. The molecule has 146 valence electrons. The van der Waals surface area contributed by atoms with Crippen molar-refractivity contribution in [3.63, 3.8) is 0 Å². The predicted molar refractivity (Wildman–Crippen MR) is 101 cm³/mol. The van der Waals surface area contributed by atoms with Gasteiger partial charge in [0, 0.05) is 25.3 Å². The van der Waals surface area contributed by atoms with Crippen molar-refractivity contribution < 1.29 is 18.0 Å². The van der Waals surface area contributed by atoms with E-state index in [0.717, 1.165) is 0 Å². The van der Waals surface area contributed by atoms with Crippen LogP contribution >= 0.6 is 0 Å². The normalized spacial score (nSPS) is 18.7. The molecule has 3 heterocycles. The van der Waals surface area contributed by atoms with E-state index in [4.69, 9.17) is 0 Å². The monoisotopic (exact) mass is 393 g/mol. The number of nitrogens with zero attached hydrogens (tertiary/aromatic N) is 3. The third-order valence-electron chi connectivity index (χ3n) is 4.38. The summed E-state index contributed by atoms with van der Waals surface area (Å²) in [6, 6.07) is 4.77. The highest BCUT2D eigenvalue weighted by atomic mass is 32.2. The molecule has 2 aromatic rings. The number of imidazole rings is 1. The number of fused-ring (bicyclic) bond motifs is 1. The Hall–Kier alpha value is -2.46. The number of hydrogen-bond acceptors (Lipinski definition) is 6. The van der Waals surface area contributed by atoms with Crippen LogP contribution in [0.3, 0.4) is 0 Å². The number of sulfone groups is 1. The minimum atomic E-state index is -3.10. The summed E-state index contributed by atoms with van der Waals surface area (Å²) in [5.74, 6) is -0.730. The number of carbonyl (C=O) groups is 2. The summed E-state index contributed by atoms with van der Waals surface area (Å²) >= 11 is 0. The van der Waals surface area contributed by atoms with Crippen LogP contribution in [0.15, 0.2) is 24.4 Å². The highest BCUT2D eigenvalue weighted by Gasteiger charge is 2.30. The molecule has 10 heteroatoms. The Labute approximate surface area is 157 Å². The predicted octanol–water partition coefficient (Wildman–Crippen LogP) is -0.457. The van der Waals surface area contributed by atoms with Gasteiger partial charge in [0.25, 0.3) is 11.8 Å². The van der Waals surface area contributed by atoms with Crippen molar-refractivity contribution in [2.75, 3.05) is 38.7 Å². The number of rotatable bonds is 6. The fourth-order valence-electron chi connectivity index (χ4n) is 3.00. The molecule has 0 spiro atoms. The molecule has 2 amide bonds. The maximum atomic E-state index is 12.6. The van der Waals surface area contributed by atoms with Crippen molar-refractivity contribution >= 4 is 27.2 Å². The molecule has 2 N–H and O–H groups in total. The first kappa shape index (κ1) is 19.3. The number of nitrogens with one attached hydrogen (secondary N) is 2. The highest BCUT2D eigenvalue weighted by Crippen LogP contribution is 2.16. The first-order chi connectivity index (χ1) is 12.8. The van der Waals surface area contributed by atoms with Gasteiger partial charge in [-0.05, 0) is 32.6 Å². The number of amides is 2. The minimum absolute atomic E-state index is 0.0671. The van der Waals surface area contributed by atoms with Crippen LogP contribution < -0.4 is 10.6 Å². The summed E-state index contributed by atoms with van der Waals surface area (Å²) < 4.78 is 24.7. The fraction of sp³-hybridized carbons (Fsp3) is 0.471. The Morgan fingerprint density at radius 2 is 2.07 bits per heavy atom. The molecule has 3 rings (SSSR count). The standard InChI is InChI=1S/C17H23N5O4S/c1-21(2)9-7-18-17(24)15-20-14(13-5-3-4-8-22(13)15)16(23)19-12-6-10-27(25,26)11-12/h3-5,8,12H,6-7,9-11H2,1-2H3,(H,18,24)(H,19,23). The molecule has 0 radical (unpaired) electrons. The van der Waals surface area contributed by atoms with Crippen molar-refractivity contribution in [1.29, 1.82) is 0 Å². The second-order valence-electron chi connectivity index (χ2n) is 6.87. The number of likely N-dealkylation sites (N-methyl/N-ethyl adjacent to an activating group) is 1. The average molecular weight is 393 g/mol. The van der Waals surface area contributed by atoms with Crippen LogP contribution in [0, 0.1) is 0 Å². The van der Waals surface area contributed by atoms with Crippen LogP contribution in [0.5, 0.6) is 0 Å². The van der Waals surface area contributed by atoms with Crippen LogP contribution in [0.4, 0.5) is 0 Å². The van der Waals surface area contributed by atoms with E-state index in [1.165, 1.54) is 0 Å². The quantitative estimate of drug-likeness (QED) is 0.687. The number of pyridine rings is 1. The van der Waals surface area contributed by atoms with E-state index < -0.39 is 21.8 Å². The molecule has 0 saturated carbocycles. The zero-order chi connectivity index (χ0) is 19.6. The first-order valence-corrected chi connectivity index (χ1v) is 10.5. The fourth-order valence-corrected chi connectivity index (χ4v) is 4.67. The number of aromatic nitrogens is 2. The van der Waals surface area contributed by atoms with Gasteiger partial charge in [0.15, 0.2) is 15.5 Å². The van der Waals surface area contributed by atoms with Crippen LogP contribution in [0.25, 0.3) is 5.52 Å². The van der Waals surface area contributed by atoms with Crippen molar-refractivity contribution in [3.05, 3.63) is 35.9 Å². The molecule has 0 aliphatic carbocycles. The van der Waals surface area contributed by atoms with Crippen molar-refractivity contribution in [2.24, 2.45) is 0 Å². The SMILES string of the molecule is CN(C)CCNC(=O)c1nc(C(=O)NC2CCS(=O)(=O)C2)c2ccccn12. The largest absolute Gasteiger partial charge is 0.348 e. The Kier molecular flexibility index (Phi) is 5.47. The van der Waals surface area contributed by atoms with E-state index in [9.17, 15) is 18.0 Å². The minimum Gasteiger partial charge on any atom is -0.348 e. The molecule has 2 aromatic heterocycles. The maximum Gasteiger partial charge on any atom is 0.287 e. The van der Waals surface area contributed by atoms with Crippen molar-refractivity contribution in [2.45, 2.75) is 12.5 Å². The lowest BCUT2D eigenvalue weighted by atomic mass is 10.2. The van der Waals surface area contributed by atoms with E-state index >= 15 is 0 Å². The highest BCUT2D eigenvalue weighted by molar-refractivity contribution is 7.91. The lowest BCUT2D eigenvalue weighted by molar-refractivity contribution is 0.0938. The van der Waals surface area contributed by atoms with Gasteiger partial charge >= 0.3 is 0 Å².